The third kappa shape index (κ3) is 3.77. The Kier molecular flexibility index (Phi) is 4.69. The summed E-state index contributed by atoms with van der Waals surface area (Å²) in [6.07, 6.45) is 3.44. The van der Waals surface area contributed by atoms with Gasteiger partial charge < -0.3 is 10.5 Å². The van der Waals surface area contributed by atoms with Crippen molar-refractivity contribution in [3.8, 4) is 0 Å². The molecule has 0 spiro atoms. The van der Waals surface area contributed by atoms with Gasteiger partial charge in [0.05, 0.1) is 24.5 Å². The fourth-order valence-electron chi connectivity index (χ4n) is 3.96. The van der Waals surface area contributed by atoms with Crippen LogP contribution in [0.15, 0.2) is 0 Å². The zero-order valence-corrected chi connectivity index (χ0v) is 14.0. The van der Waals surface area contributed by atoms with E-state index in [1.807, 2.05) is 6.92 Å². The van der Waals surface area contributed by atoms with Crippen LogP contribution in [0.4, 0.5) is 0 Å². The third-order valence-electron chi connectivity index (χ3n) is 5.06. The maximum Gasteiger partial charge on any atom is 0.306 e. The Morgan fingerprint density at radius 1 is 1.29 bits per heavy atom. The van der Waals surface area contributed by atoms with Crippen molar-refractivity contribution in [3.05, 3.63) is 0 Å². The van der Waals surface area contributed by atoms with Crippen LogP contribution in [-0.4, -0.2) is 38.5 Å². The second-order valence-corrected chi connectivity index (χ2v) is 9.40. The van der Waals surface area contributed by atoms with Crippen molar-refractivity contribution in [3.63, 3.8) is 0 Å². The summed E-state index contributed by atoms with van der Waals surface area (Å²) in [5.74, 6) is 0.318. The van der Waals surface area contributed by atoms with Gasteiger partial charge in [0.15, 0.2) is 9.84 Å². The molecule has 0 saturated heterocycles. The average Bonchev–Trinajstić information content (AvgIpc) is 3.05. The van der Waals surface area contributed by atoms with E-state index in [2.05, 4.69) is 11.7 Å². The Bertz CT molecular complexity index is 486. The fourth-order valence-corrected chi connectivity index (χ4v) is 6.86. The quantitative estimate of drug-likeness (QED) is 0.777. The maximum absolute atomic E-state index is 12.8. The van der Waals surface area contributed by atoms with Crippen molar-refractivity contribution in [2.45, 2.75) is 57.2 Å². The summed E-state index contributed by atoms with van der Waals surface area (Å²) >= 11 is 0. The molecule has 0 aromatic heterocycles. The highest BCUT2D eigenvalue weighted by molar-refractivity contribution is 7.92. The van der Waals surface area contributed by atoms with Crippen LogP contribution in [-0.2, 0) is 19.4 Å². The van der Waals surface area contributed by atoms with Gasteiger partial charge >= 0.3 is 5.97 Å². The summed E-state index contributed by atoms with van der Waals surface area (Å²) in [7, 11) is -1.95. The molecule has 0 aromatic rings. The second kappa shape index (κ2) is 5.88. The normalized spacial score (nSPS) is 35.2. The van der Waals surface area contributed by atoms with Crippen LogP contribution in [0, 0.1) is 17.3 Å². The number of methoxy groups -OCH3 is 1. The monoisotopic (exact) mass is 317 g/mol. The van der Waals surface area contributed by atoms with Crippen molar-refractivity contribution in [2.24, 2.45) is 23.0 Å². The van der Waals surface area contributed by atoms with Crippen LogP contribution in [0.3, 0.4) is 0 Å². The lowest BCUT2D eigenvalue weighted by atomic mass is 9.80. The van der Waals surface area contributed by atoms with Crippen molar-refractivity contribution in [1.82, 2.24) is 0 Å². The van der Waals surface area contributed by atoms with Crippen LogP contribution in [0.2, 0.25) is 0 Å². The van der Waals surface area contributed by atoms with Gasteiger partial charge in [-0.2, -0.15) is 0 Å². The summed E-state index contributed by atoms with van der Waals surface area (Å²) in [5, 5.41) is -0.469. The van der Waals surface area contributed by atoms with E-state index in [1.54, 1.807) is 0 Å². The highest BCUT2D eigenvalue weighted by atomic mass is 32.2. The van der Waals surface area contributed by atoms with Crippen molar-refractivity contribution in [2.75, 3.05) is 12.9 Å². The van der Waals surface area contributed by atoms with Crippen LogP contribution in [0.1, 0.15) is 46.0 Å². The fraction of sp³-hybridized carbons (Fsp3) is 0.933. The van der Waals surface area contributed by atoms with Gasteiger partial charge in [-0.25, -0.2) is 8.42 Å². The van der Waals surface area contributed by atoms with Crippen molar-refractivity contribution >= 4 is 15.8 Å². The molecule has 2 N–H and O–H groups in total. The van der Waals surface area contributed by atoms with Crippen LogP contribution < -0.4 is 5.73 Å². The Balaban J connectivity index is 2.10. The van der Waals surface area contributed by atoms with E-state index in [9.17, 15) is 13.2 Å². The SMILES string of the molecule is COC(=O)CC1(CS(=O)(=O)C2C(C)CC(C)CC2N)CC1. The predicted octanol–water partition coefficient (Wildman–Crippen LogP) is 1.51. The van der Waals surface area contributed by atoms with Gasteiger partial charge in [0.2, 0.25) is 0 Å². The first-order valence-corrected chi connectivity index (χ1v) is 9.45. The molecule has 2 fully saturated rings. The molecule has 0 radical (unpaired) electrons. The Labute approximate surface area is 127 Å². The highest BCUT2D eigenvalue weighted by Gasteiger charge is 2.51. The standard InChI is InChI=1S/C15H27NO4S/c1-10-6-11(2)14(12(16)7-10)21(18,19)9-15(4-5-15)8-13(17)20-3/h10-12,14H,4-9,16H2,1-3H3. The first-order chi connectivity index (χ1) is 9.69. The smallest absolute Gasteiger partial charge is 0.306 e. The molecule has 0 amide bonds. The molecule has 2 rings (SSSR count). The predicted molar refractivity (Wildman–Crippen MR) is 81.4 cm³/mol. The zero-order chi connectivity index (χ0) is 15.8. The number of rotatable bonds is 5. The van der Waals surface area contributed by atoms with Crippen molar-refractivity contribution < 1.29 is 17.9 Å². The molecule has 4 unspecified atom stereocenters. The zero-order valence-electron chi connectivity index (χ0n) is 13.2. The first-order valence-electron chi connectivity index (χ1n) is 7.73. The average molecular weight is 317 g/mol. The number of ether oxygens (including phenoxy) is 1. The van der Waals surface area contributed by atoms with E-state index < -0.39 is 20.5 Å². The Morgan fingerprint density at radius 2 is 1.90 bits per heavy atom. The first kappa shape index (κ1) is 16.7. The number of nitrogens with two attached hydrogens (primary N) is 1. The summed E-state index contributed by atoms with van der Waals surface area (Å²) in [6.45, 7) is 4.11. The van der Waals surface area contributed by atoms with Gasteiger partial charge in [-0.15, -0.1) is 0 Å². The van der Waals surface area contributed by atoms with E-state index in [0.29, 0.717) is 5.92 Å². The number of hydrogen-bond acceptors (Lipinski definition) is 5. The van der Waals surface area contributed by atoms with E-state index in [4.69, 9.17) is 5.73 Å². The molecule has 2 aliphatic carbocycles. The summed E-state index contributed by atoms with van der Waals surface area (Å²) in [4.78, 5) is 11.5. The van der Waals surface area contributed by atoms with Gasteiger partial charge in [0, 0.05) is 6.04 Å². The van der Waals surface area contributed by atoms with E-state index in [0.717, 1.165) is 25.7 Å². The summed E-state index contributed by atoms with van der Waals surface area (Å²) < 4.78 is 30.3. The molecular formula is C15H27NO4S. The lowest BCUT2D eigenvalue weighted by Crippen LogP contribution is -2.50. The van der Waals surface area contributed by atoms with E-state index >= 15 is 0 Å². The highest BCUT2D eigenvalue weighted by Crippen LogP contribution is 2.51. The molecular weight excluding hydrogens is 290 g/mol. The minimum Gasteiger partial charge on any atom is -0.469 e. The molecule has 0 heterocycles. The van der Waals surface area contributed by atoms with Crippen LogP contribution >= 0.6 is 0 Å². The number of hydrogen-bond donors (Lipinski definition) is 1. The largest absolute Gasteiger partial charge is 0.469 e. The van der Waals surface area contributed by atoms with Gasteiger partial charge in [0.1, 0.15) is 0 Å². The van der Waals surface area contributed by atoms with Crippen LogP contribution in [0.25, 0.3) is 0 Å². The molecule has 4 atom stereocenters. The molecule has 21 heavy (non-hydrogen) atoms. The molecule has 6 heteroatoms. The third-order valence-corrected chi connectivity index (χ3v) is 7.72. The number of sulfone groups is 1. The van der Waals surface area contributed by atoms with Crippen molar-refractivity contribution in [1.29, 1.82) is 0 Å². The second-order valence-electron chi connectivity index (χ2n) is 7.24. The van der Waals surface area contributed by atoms with Gasteiger partial charge in [0.25, 0.3) is 0 Å². The lowest BCUT2D eigenvalue weighted by molar-refractivity contribution is -0.141. The van der Waals surface area contributed by atoms with E-state index in [-0.39, 0.29) is 30.1 Å². The molecule has 0 bridgehead atoms. The van der Waals surface area contributed by atoms with Gasteiger partial charge in [-0.05, 0) is 42.9 Å². The summed E-state index contributed by atoms with van der Waals surface area (Å²) in [6, 6.07) is -0.289. The topological polar surface area (TPSA) is 86.5 Å². The molecule has 5 nitrogen and oxygen atoms in total. The molecule has 2 saturated carbocycles. The molecule has 0 aromatic carbocycles. The minimum absolute atomic E-state index is 0.0756. The molecule has 0 aliphatic heterocycles. The van der Waals surface area contributed by atoms with E-state index in [1.165, 1.54) is 7.11 Å². The lowest BCUT2D eigenvalue weighted by Gasteiger charge is -2.37. The molecule has 2 aliphatic rings. The molecule has 122 valence electrons. The minimum atomic E-state index is -3.29. The maximum atomic E-state index is 12.8. The summed E-state index contributed by atoms with van der Waals surface area (Å²) in [5.41, 5.74) is 5.75. The van der Waals surface area contributed by atoms with Gasteiger partial charge in [-0.3, -0.25) is 4.79 Å². The Hall–Kier alpha value is -0.620. The number of esters is 1. The Morgan fingerprint density at radius 3 is 2.38 bits per heavy atom. The van der Waals surface area contributed by atoms with Crippen LogP contribution in [0.5, 0.6) is 0 Å². The number of carbonyl (C=O) groups excluding carboxylic acids is 1. The number of carbonyl (C=O) groups is 1. The van der Waals surface area contributed by atoms with Gasteiger partial charge in [-0.1, -0.05) is 13.8 Å².